The molecule has 3 aromatic rings. The van der Waals surface area contributed by atoms with E-state index in [2.05, 4.69) is 49.6 Å². The molecular weight excluding hydrogens is 520 g/mol. The zero-order chi connectivity index (χ0) is 28.9. The number of aromatic nitrogens is 2. The molecule has 0 aliphatic carbocycles. The lowest BCUT2D eigenvalue weighted by Crippen LogP contribution is -2.46. The zero-order valence-electron chi connectivity index (χ0n) is 23.8. The number of anilines is 6. The fourth-order valence-electron chi connectivity index (χ4n) is 4.75. The van der Waals surface area contributed by atoms with E-state index >= 15 is 0 Å². The third kappa shape index (κ3) is 7.05. The van der Waals surface area contributed by atoms with Gasteiger partial charge in [-0.25, -0.2) is 4.98 Å². The Morgan fingerprint density at radius 2 is 1.90 bits per heavy atom. The Hall–Kier alpha value is -4.35. The van der Waals surface area contributed by atoms with Crippen LogP contribution >= 0.6 is 0 Å². The van der Waals surface area contributed by atoms with E-state index < -0.39 is 0 Å². The summed E-state index contributed by atoms with van der Waals surface area (Å²) >= 11 is 0. The number of carbonyl (C=O) groups is 1. The first kappa shape index (κ1) is 28.2. The van der Waals surface area contributed by atoms with E-state index in [9.17, 15) is 9.90 Å². The maximum Gasteiger partial charge on any atom is 0.247 e. The molecule has 2 fully saturated rings. The maximum atomic E-state index is 12.3. The van der Waals surface area contributed by atoms with Gasteiger partial charge in [0, 0.05) is 62.3 Å². The van der Waals surface area contributed by atoms with E-state index in [4.69, 9.17) is 9.72 Å². The Labute approximate surface area is 240 Å². The number of aromatic hydroxyl groups is 1. The molecule has 1 amide bonds. The predicted molar refractivity (Wildman–Crippen MR) is 163 cm³/mol. The summed E-state index contributed by atoms with van der Waals surface area (Å²) in [7, 11) is 0. The van der Waals surface area contributed by atoms with Crippen molar-refractivity contribution >= 4 is 40.4 Å². The van der Waals surface area contributed by atoms with Crippen LogP contribution < -0.4 is 30.9 Å². The van der Waals surface area contributed by atoms with Crippen LogP contribution in [0.15, 0.2) is 55.3 Å². The van der Waals surface area contributed by atoms with Crippen LogP contribution in [0, 0.1) is 0 Å². The summed E-state index contributed by atoms with van der Waals surface area (Å²) < 4.78 is 5.92. The number of benzene rings is 2. The second kappa shape index (κ2) is 12.4. The highest BCUT2D eigenvalue weighted by Crippen LogP contribution is 2.36. The average molecular weight is 559 g/mol. The molecule has 1 unspecified atom stereocenters. The lowest BCUT2D eigenvalue weighted by atomic mass is 10.2. The first-order valence-electron chi connectivity index (χ1n) is 14.0. The number of phenolic OH excluding ortho intramolecular Hbond substituents is 1. The van der Waals surface area contributed by atoms with Crippen LogP contribution in [0.2, 0.25) is 0 Å². The van der Waals surface area contributed by atoms with E-state index in [1.54, 1.807) is 24.4 Å². The topological polar surface area (TPSA) is 137 Å². The summed E-state index contributed by atoms with van der Waals surface area (Å²) in [5, 5.41) is 22.9. The van der Waals surface area contributed by atoms with Gasteiger partial charge in [-0.2, -0.15) is 4.98 Å². The van der Waals surface area contributed by atoms with Crippen molar-refractivity contribution in [3.63, 3.8) is 0 Å². The average Bonchev–Trinajstić information content (AvgIpc) is 3.81. The smallest absolute Gasteiger partial charge is 0.247 e. The van der Waals surface area contributed by atoms with Crippen molar-refractivity contribution in [2.45, 2.75) is 32.9 Å². The fraction of sp³-hybridized carbons (Fsp3) is 0.367. The van der Waals surface area contributed by atoms with E-state index in [0.717, 1.165) is 50.5 Å². The van der Waals surface area contributed by atoms with Gasteiger partial charge in [0.25, 0.3) is 0 Å². The van der Waals surface area contributed by atoms with Gasteiger partial charge < -0.3 is 40.9 Å². The van der Waals surface area contributed by atoms with Crippen molar-refractivity contribution in [1.29, 1.82) is 0 Å². The molecule has 2 aliphatic heterocycles. The first-order valence-corrected chi connectivity index (χ1v) is 14.0. The van der Waals surface area contributed by atoms with Gasteiger partial charge in [0.05, 0.1) is 23.2 Å². The maximum absolute atomic E-state index is 12.3. The van der Waals surface area contributed by atoms with Crippen molar-refractivity contribution in [2.24, 2.45) is 0 Å². The molecule has 41 heavy (non-hydrogen) atoms. The number of hydrogen-bond donors (Lipinski definition) is 5. The number of amides is 1. The van der Waals surface area contributed by atoms with Gasteiger partial charge in [0.2, 0.25) is 11.9 Å². The number of rotatable bonds is 11. The molecule has 3 heterocycles. The molecule has 0 bridgehead atoms. The minimum absolute atomic E-state index is 0.0766. The highest BCUT2D eigenvalue weighted by atomic mass is 16.5. The summed E-state index contributed by atoms with van der Waals surface area (Å²) in [5.74, 6) is 1.31. The minimum atomic E-state index is -0.301. The van der Waals surface area contributed by atoms with Crippen LogP contribution in [0.25, 0.3) is 0 Å². The van der Waals surface area contributed by atoms with Gasteiger partial charge in [-0.1, -0.05) is 13.5 Å². The third-order valence-corrected chi connectivity index (χ3v) is 7.06. The zero-order valence-corrected chi connectivity index (χ0v) is 23.8. The van der Waals surface area contributed by atoms with E-state index in [1.165, 1.54) is 6.08 Å². The Bertz CT molecular complexity index is 1400. The van der Waals surface area contributed by atoms with Crippen LogP contribution in [0.5, 0.6) is 11.5 Å². The molecular formula is C30H38N8O3. The lowest BCUT2D eigenvalue weighted by molar-refractivity contribution is -0.111. The Balaban J connectivity index is 1.43. The monoisotopic (exact) mass is 558 g/mol. The molecule has 2 aromatic carbocycles. The molecule has 5 N–H and O–H groups in total. The van der Waals surface area contributed by atoms with Gasteiger partial charge in [-0.15, -0.1) is 0 Å². The number of hydrogen-bond acceptors (Lipinski definition) is 10. The van der Waals surface area contributed by atoms with Crippen molar-refractivity contribution in [1.82, 2.24) is 20.2 Å². The first-order chi connectivity index (χ1) is 19.8. The second-order valence-electron chi connectivity index (χ2n) is 10.4. The largest absolute Gasteiger partial charge is 0.508 e. The fourth-order valence-corrected chi connectivity index (χ4v) is 4.75. The summed E-state index contributed by atoms with van der Waals surface area (Å²) in [6.45, 7) is 15.4. The Morgan fingerprint density at radius 1 is 1.15 bits per heavy atom. The van der Waals surface area contributed by atoms with Gasteiger partial charge in [0.1, 0.15) is 17.3 Å². The van der Waals surface area contributed by atoms with Crippen LogP contribution in [-0.4, -0.2) is 71.3 Å². The number of ether oxygens (including phenoxy) is 1. The Kier molecular flexibility index (Phi) is 8.55. The molecule has 1 atom stereocenters. The molecule has 0 saturated carbocycles. The van der Waals surface area contributed by atoms with Crippen LogP contribution in [0.3, 0.4) is 0 Å². The standard InChI is InChI=1S/C30H38N8O3/c1-5-28(40)33-25-15-20(38-13-11-37(6-2)12-14-38)7-9-23(25)35-30-32-17-22(26-18-31-26)29(36-30)34-24-10-8-21(39)16-27(24)41-19(3)4/h5,7-10,15-17,19,26,31,39H,1,6,11-14,18H2,2-4H3,(H,33,40)(H2,32,34,35,36). The molecule has 2 aliphatic rings. The predicted octanol–water partition coefficient (Wildman–Crippen LogP) is 4.37. The van der Waals surface area contributed by atoms with Crippen molar-refractivity contribution < 1.29 is 14.6 Å². The van der Waals surface area contributed by atoms with E-state index in [1.807, 2.05) is 32.0 Å². The lowest BCUT2D eigenvalue weighted by Gasteiger charge is -2.35. The molecule has 216 valence electrons. The van der Waals surface area contributed by atoms with Crippen LogP contribution in [0.1, 0.15) is 32.4 Å². The molecule has 5 rings (SSSR count). The quantitative estimate of drug-likeness (QED) is 0.131. The number of carbonyl (C=O) groups excluding carboxylic acids is 1. The summed E-state index contributed by atoms with van der Waals surface area (Å²) in [6.07, 6.45) is 2.96. The van der Waals surface area contributed by atoms with Crippen LogP contribution in [0.4, 0.5) is 34.5 Å². The third-order valence-electron chi connectivity index (χ3n) is 7.06. The second-order valence-corrected chi connectivity index (χ2v) is 10.4. The molecule has 11 heteroatoms. The van der Waals surface area contributed by atoms with E-state index in [-0.39, 0.29) is 23.8 Å². The normalized spacial score (nSPS) is 16.8. The molecule has 0 spiro atoms. The number of likely N-dealkylation sites (N-methyl/N-ethyl adjacent to an activating group) is 1. The molecule has 0 radical (unpaired) electrons. The summed E-state index contributed by atoms with van der Waals surface area (Å²) in [5.41, 5.74) is 3.90. The SMILES string of the molecule is C=CC(=O)Nc1cc(N2CCN(CC)CC2)ccc1Nc1ncc(C2CN2)c(Nc2ccc(O)cc2OC(C)C)n1. The highest BCUT2D eigenvalue weighted by Gasteiger charge is 2.27. The number of nitrogens with one attached hydrogen (secondary N) is 4. The number of phenols is 1. The van der Waals surface area contributed by atoms with Crippen molar-refractivity contribution in [3.8, 4) is 11.5 Å². The van der Waals surface area contributed by atoms with Gasteiger partial charge in [-0.05, 0) is 56.8 Å². The summed E-state index contributed by atoms with van der Waals surface area (Å²) in [6, 6.07) is 11.0. The van der Waals surface area contributed by atoms with Gasteiger partial charge >= 0.3 is 0 Å². The van der Waals surface area contributed by atoms with Crippen molar-refractivity contribution in [3.05, 3.63) is 60.8 Å². The summed E-state index contributed by atoms with van der Waals surface area (Å²) in [4.78, 5) is 26.4. The number of nitrogens with zero attached hydrogens (tertiary/aromatic N) is 4. The van der Waals surface area contributed by atoms with Gasteiger partial charge in [-0.3, -0.25) is 4.79 Å². The van der Waals surface area contributed by atoms with Gasteiger partial charge in [0.15, 0.2) is 0 Å². The number of piperazine rings is 1. The van der Waals surface area contributed by atoms with E-state index in [0.29, 0.717) is 34.6 Å². The van der Waals surface area contributed by atoms with Crippen LogP contribution in [-0.2, 0) is 4.79 Å². The molecule has 11 nitrogen and oxygen atoms in total. The molecule has 1 aromatic heterocycles. The van der Waals surface area contributed by atoms with Crippen molar-refractivity contribution in [2.75, 3.05) is 60.1 Å². The highest BCUT2D eigenvalue weighted by molar-refractivity contribution is 6.02. The minimum Gasteiger partial charge on any atom is -0.508 e. The molecule has 2 saturated heterocycles. The Morgan fingerprint density at radius 3 is 2.59 bits per heavy atom.